The molecule has 1 aromatic rings. The van der Waals surface area contributed by atoms with Crippen LogP contribution < -0.4 is 9.47 Å². The third-order valence-corrected chi connectivity index (χ3v) is 4.16. The minimum Gasteiger partial charge on any atom is -0.493 e. The molecule has 2 rings (SSSR count). The van der Waals surface area contributed by atoms with Gasteiger partial charge < -0.3 is 24.4 Å². The topological polar surface area (TPSA) is 106 Å². The van der Waals surface area contributed by atoms with Crippen LogP contribution in [0, 0.1) is 0 Å². The Hall–Kier alpha value is -2.58. The number of benzene rings is 1. The van der Waals surface area contributed by atoms with Gasteiger partial charge in [-0.25, -0.2) is 9.59 Å². The van der Waals surface area contributed by atoms with Crippen LogP contribution in [-0.4, -0.2) is 72.6 Å². The molecule has 0 aromatic heterocycles. The van der Waals surface area contributed by atoms with Crippen LogP contribution in [0.1, 0.15) is 25.8 Å². The Balaban J connectivity index is 0.000000612. The number of methoxy groups -OCH3 is 1. The molecular formula is C21H31NO7. The predicted octanol–water partition coefficient (Wildman–Crippen LogP) is 2.46. The largest absolute Gasteiger partial charge is 0.493 e. The molecule has 1 aromatic carbocycles. The lowest BCUT2D eigenvalue weighted by molar-refractivity contribution is -0.159. The van der Waals surface area contributed by atoms with Crippen molar-refractivity contribution in [3.05, 3.63) is 36.4 Å². The van der Waals surface area contributed by atoms with Gasteiger partial charge in [-0.2, -0.15) is 0 Å². The summed E-state index contributed by atoms with van der Waals surface area (Å²) in [6, 6.07) is 6.06. The van der Waals surface area contributed by atoms with Crippen LogP contribution in [0.25, 0.3) is 0 Å². The van der Waals surface area contributed by atoms with Crippen molar-refractivity contribution >= 4 is 11.9 Å². The number of aliphatic carboxylic acids is 2. The lowest BCUT2D eigenvalue weighted by Crippen LogP contribution is -2.45. The maximum Gasteiger partial charge on any atom is 0.414 e. The molecule has 0 bridgehead atoms. The summed E-state index contributed by atoms with van der Waals surface area (Å²) in [6.45, 7) is 11.8. The van der Waals surface area contributed by atoms with Crippen LogP contribution in [0.5, 0.6) is 11.5 Å². The molecule has 0 saturated carbocycles. The normalized spacial score (nSPS) is 18.9. The number of carbonyl (C=O) groups is 2. The fourth-order valence-electron chi connectivity index (χ4n) is 3.06. The lowest BCUT2D eigenvalue weighted by Gasteiger charge is -2.35. The second kappa shape index (κ2) is 12.8. The summed E-state index contributed by atoms with van der Waals surface area (Å²) in [5.74, 6) is -2.05. The minimum atomic E-state index is -1.82. The number of rotatable bonds is 8. The number of carboxylic acid groups (broad SMARTS) is 2. The van der Waals surface area contributed by atoms with Crippen LogP contribution in [-0.2, 0) is 20.7 Å². The summed E-state index contributed by atoms with van der Waals surface area (Å²) in [6.07, 6.45) is 4.36. The smallest absolute Gasteiger partial charge is 0.414 e. The summed E-state index contributed by atoms with van der Waals surface area (Å²) in [7, 11) is 1.68. The summed E-state index contributed by atoms with van der Waals surface area (Å²) in [5, 5.41) is 14.8. The van der Waals surface area contributed by atoms with Crippen molar-refractivity contribution in [3.8, 4) is 11.5 Å². The van der Waals surface area contributed by atoms with E-state index in [2.05, 4.69) is 31.4 Å². The third kappa shape index (κ3) is 9.45. The van der Waals surface area contributed by atoms with Crippen LogP contribution in [0.3, 0.4) is 0 Å². The average Bonchev–Trinajstić information content (AvgIpc) is 2.66. The highest BCUT2D eigenvalue weighted by atomic mass is 16.5. The number of morpholine rings is 1. The van der Waals surface area contributed by atoms with E-state index in [1.807, 2.05) is 18.2 Å². The van der Waals surface area contributed by atoms with Crippen LogP contribution in [0.15, 0.2) is 30.9 Å². The van der Waals surface area contributed by atoms with E-state index in [4.69, 9.17) is 34.0 Å². The van der Waals surface area contributed by atoms with Gasteiger partial charge in [0.2, 0.25) is 0 Å². The van der Waals surface area contributed by atoms with Crippen LogP contribution in [0.2, 0.25) is 0 Å². The molecule has 0 amide bonds. The Morgan fingerprint density at radius 2 is 1.83 bits per heavy atom. The molecule has 2 unspecified atom stereocenters. The zero-order valence-corrected chi connectivity index (χ0v) is 17.3. The number of hydrogen-bond acceptors (Lipinski definition) is 6. The first-order valence-corrected chi connectivity index (χ1v) is 9.51. The summed E-state index contributed by atoms with van der Waals surface area (Å²) < 4.78 is 17.1. The van der Waals surface area contributed by atoms with E-state index in [0.717, 1.165) is 44.0 Å². The van der Waals surface area contributed by atoms with Crippen molar-refractivity contribution < 1.29 is 34.0 Å². The van der Waals surface area contributed by atoms with Crippen LogP contribution in [0.4, 0.5) is 0 Å². The van der Waals surface area contributed by atoms with Gasteiger partial charge in [-0.15, -0.1) is 6.58 Å². The monoisotopic (exact) mass is 409 g/mol. The zero-order valence-electron chi connectivity index (χ0n) is 17.3. The molecule has 2 N–H and O–H groups in total. The second-order valence-corrected chi connectivity index (χ2v) is 6.81. The quantitative estimate of drug-likeness (QED) is 0.383. The van der Waals surface area contributed by atoms with Crippen molar-refractivity contribution in [2.75, 3.05) is 33.4 Å². The van der Waals surface area contributed by atoms with Gasteiger partial charge >= 0.3 is 11.9 Å². The fraction of sp³-hybridized carbons (Fsp3) is 0.524. The first kappa shape index (κ1) is 24.5. The average molecular weight is 409 g/mol. The summed E-state index contributed by atoms with van der Waals surface area (Å²) in [5.41, 5.74) is 1.18. The third-order valence-electron chi connectivity index (χ3n) is 4.16. The molecule has 1 aliphatic heterocycles. The van der Waals surface area contributed by atoms with E-state index in [0.29, 0.717) is 18.8 Å². The fourth-order valence-corrected chi connectivity index (χ4v) is 3.06. The van der Waals surface area contributed by atoms with Crippen molar-refractivity contribution in [2.24, 2.45) is 0 Å². The van der Waals surface area contributed by atoms with Gasteiger partial charge in [0, 0.05) is 19.6 Å². The van der Waals surface area contributed by atoms with E-state index in [1.54, 1.807) is 7.11 Å². The SMILES string of the molecule is C=CCc1ccc(OCCCN2CC(C)OC(C)C2)c(OC)c1.O=C(O)C(=O)O. The second-order valence-electron chi connectivity index (χ2n) is 6.81. The predicted molar refractivity (Wildman–Crippen MR) is 109 cm³/mol. The molecule has 0 aliphatic carbocycles. The van der Waals surface area contributed by atoms with Crippen molar-refractivity contribution in [2.45, 2.75) is 38.9 Å². The number of carboxylic acids is 2. The van der Waals surface area contributed by atoms with E-state index < -0.39 is 11.9 Å². The Labute approximate surface area is 171 Å². The first-order chi connectivity index (χ1) is 13.8. The molecule has 2 atom stereocenters. The number of nitrogens with zero attached hydrogens (tertiary/aromatic N) is 1. The number of allylic oxidation sites excluding steroid dienone is 1. The molecule has 1 saturated heterocycles. The molecule has 8 nitrogen and oxygen atoms in total. The van der Waals surface area contributed by atoms with Gasteiger partial charge in [-0.1, -0.05) is 12.1 Å². The minimum absolute atomic E-state index is 0.317. The molecule has 29 heavy (non-hydrogen) atoms. The van der Waals surface area contributed by atoms with E-state index >= 15 is 0 Å². The number of hydrogen-bond donors (Lipinski definition) is 2. The lowest BCUT2D eigenvalue weighted by atomic mass is 10.1. The highest BCUT2D eigenvalue weighted by molar-refractivity contribution is 6.27. The maximum atomic E-state index is 9.10. The number of ether oxygens (including phenoxy) is 3. The molecule has 1 aliphatic rings. The van der Waals surface area contributed by atoms with E-state index in [9.17, 15) is 0 Å². The Kier molecular flexibility index (Phi) is 10.8. The van der Waals surface area contributed by atoms with Gasteiger partial charge in [0.15, 0.2) is 11.5 Å². The molecule has 1 heterocycles. The van der Waals surface area contributed by atoms with Gasteiger partial charge in [0.25, 0.3) is 0 Å². The molecular weight excluding hydrogens is 378 g/mol. The maximum absolute atomic E-state index is 9.10. The van der Waals surface area contributed by atoms with Gasteiger partial charge in [0.1, 0.15) is 0 Å². The summed E-state index contributed by atoms with van der Waals surface area (Å²) >= 11 is 0. The van der Waals surface area contributed by atoms with Gasteiger partial charge in [-0.3, -0.25) is 4.90 Å². The van der Waals surface area contributed by atoms with Crippen LogP contribution >= 0.6 is 0 Å². The van der Waals surface area contributed by atoms with Crippen molar-refractivity contribution in [3.63, 3.8) is 0 Å². The molecule has 162 valence electrons. The Bertz CT molecular complexity index is 655. The highest BCUT2D eigenvalue weighted by Crippen LogP contribution is 2.28. The van der Waals surface area contributed by atoms with E-state index in [-0.39, 0.29) is 0 Å². The van der Waals surface area contributed by atoms with Gasteiger partial charge in [0.05, 0.1) is 25.9 Å². The zero-order chi connectivity index (χ0) is 21.8. The highest BCUT2D eigenvalue weighted by Gasteiger charge is 2.21. The van der Waals surface area contributed by atoms with Gasteiger partial charge in [-0.05, 0) is 44.4 Å². The Morgan fingerprint density at radius 3 is 2.34 bits per heavy atom. The standard InChI is InChI=1S/C19H29NO3.C2H2O4/c1-5-7-17-8-9-18(19(12-17)21-4)22-11-6-10-20-13-15(2)23-16(3)14-20;3-1(4)2(5)6/h5,8-9,12,15-16H,1,6-7,10-11,13-14H2,2-4H3;(H,3,4)(H,5,6). The Morgan fingerprint density at radius 1 is 1.21 bits per heavy atom. The molecule has 8 heteroatoms. The first-order valence-electron chi connectivity index (χ1n) is 9.51. The van der Waals surface area contributed by atoms with Crippen molar-refractivity contribution in [1.29, 1.82) is 0 Å². The molecule has 1 fully saturated rings. The van der Waals surface area contributed by atoms with Crippen molar-refractivity contribution in [1.82, 2.24) is 4.90 Å². The molecule has 0 spiro atoms. The summed E-state index contributed by atoms with van der Waals surface area (Å²) in [4.78, 5) is 20.7. The van der Waals surface area contributed by atoms with E-state index in [1.165, 1.54) is 5.56 Å². The molecule has 0 radical (unpaired) electrons.